The first-order valence-electron chi connectivity index (χ1n) is 11.5. The van der Waals surface area contributed by atoms with E-state index in [0.29, 0.717) is 29.4 Å². The minimum absolute atomic E-state index is 0.00117. The van der Waals surface area contributed by atoms with Crippen LogP contribution in [0.15, 0.2) is 70.2 Å². The van der Waals surface area contributed by atoms with Gasteiger partial charge in [-0.2, -0.15) is 0 Å². The molecule has 0 radical (unpaired) electrons. The van der Waals surface area contributed by atoms with E-state index in [1.165, 1.54) is 24.4 Å². The molecule has 8 heteroatoms. The van der Waals surface area contributed by atoms with Gasteiger partial charge < -0.3 is 13.9 Å². The van der Waals surface area contributed by atoms with Crippen molar-refractivity contribution in [1.29, 1.82) is 0 Å². The molecular weight excluding hydrogens is 462 g/mol. The van der Waals surface area contributed by atoms with Crippen LogP contribution in [0.25, 0.3) is 0 Å². The Bertz CT molecular complexity index is 1270. The van der Waals surface area contributed by atoms with Gasteiger partial charge in [-0.3, -0.25) is 4.57 Å². The summed E-state index contributed by atoms with van der Waals surface area (Å²) in [5.74, 6) is 2.82. The van der Waals surface area contributed by atoms with E-state index in [2.05, 4.69) is 52.9 Å². The van der Waals surface area contributed by atoms with Gasteiger partial charge in [-0.1, -0.05) is 61.2 Å². The fourth-order valence-corrected chi connectivity index (χ4v) is 4.72. The Kier molecular flexibility index (Phi) is 7.92. The molecule has 2 heterocycles. The number of hydrogen-bond acceptors (Lipinski definition) is 7. The molecule has 0 N–H and O–H groups in total. The van der Waals surface area contributed by atoms with Crippen molar-refractivity contribution in [3.8, 4) is 5.75 Å². The summed E-state index contributed by atoms with van der Waals surface area (Å²) in [5.41, 5.74) is 2.84. The van der Waals surface area contributed by atoms with Gasteiger partial charge in [-0.25, -0.2) is 4.79 Å². The van der Waals surface area contributed by atoms with Crippen molar-refractivity contribution < 1.29 is 18.7 Å². The van der Waals surface area contributed by atoms with Crippen LogP contribution in [-0.2, 0) is 23.5 Å². The summed E-state index contributed by atoms with van der Waals surface area (Å²) >= 11 is 1.50. The molecule has 2 aromatic heterocycles. The van der Waals surface area contributed by atoms with E-state index in [4.69, 9.17) is 13.9 Å². The number of esters is 1. The minimum Gasteiger partial charge on any atom is -0.486 e. The Balaban J connectivity index is 1.56. The third-order valence-corrected chi connectivity index (χ3v) is 6.79. The molecule has 2 aromatic carbocycles. The highest BCUT2D eigenvalue weighted by molar-refractivity contribution is 7.98. The number of benzene rings is 2. The van der Waals surface area contributed by atoms with Crippen molar-refractivity contribution in [2.24, 2.45) is 0 Å². The summed E-state index contributed by atoms with van der Waals surface area (Å²) in [6.45, 7) is 6.29. The SMILES string of the molecule is CCc1ccc(OCc2nnc(SCc3cc(C(=O)OC)c(C)o3)n2C(C)c2ccccc2)cc1. The fourth-order valence-electron chi connectivity index (χ4n) is 3.81. The molecule has 0 saturated heterocycles. The number of aromatic nitrogens is 3. The van der Waals surface area contributed by atoms with Gasteiger partial charge in [0.2, 0.25) is 0 Å². The summed E-state index contributed by atoms with van der Waals surface area (Å²) in [5, 5.41) is 9.66. The summed E-state index contributed by atoms with van der Waals surface area (Å²) in [7, 11) is 1.36. The van der Waals surface area contributed by atoms with Crippen LogP contribution in [0.3, 0.4) is 0 Å². The maximum atomic E-state index is 11.9. The lowest BCUT2D eigenvalue weighted by Crippen LogP contribution is -2.14. The number of aryl methyl sites for hydroxylation is 2. The van der Waals surface area contributed by atoms with Gasteiger partial charge in [0.05, 0.1) is 18.9 Å². The van der Waals surface area contributed by atoms with Gasteiger partial charge in [0.1, 0.15) is 29.4 Å². The van der Waals surface area contributed by atoms with Gasteiger partial charge in [-0.15, -0.1) is 10.2 Å². The van der Waals surface area contributed by atoms with E-state index in [-0.39, 0.29) is 6.04 Å². The Morgan fingerprint density at radius 1 is 1.11 bits per heavy atom. The Morgan fingerprint density at radius 2 is 1.86 bits per heavy atom. The molecule has 35 heavy (non-hydrogen) atoms. The number of nitrogens with zero attached hydrogens (tertiary/aromatic N) is 3. The molecular formula is C27H29N3O4S. The van der Waals surface area contributed by atoms with Crippen LogP contribution in [-0.4, -0.2) is 27.8 Å². The highest BCUT2D eigenvalue weighted by Gasteiger charge is 2.21. The molecule has 0 bridgehead atoms. The molecule has 0 aliphatic rings. The number of hydrogen-bond donors (Lipinski definition) is 0. The van der Waals surface area contributed by atoms with Crippen molar-refractivity contribution >= 4 is 17.7 Å². The van der Waals surface area contributed by atoms with Crippen molar-refractivity contribution in [2.45, 2.75) is 50.8 Å². The summed E-state index contributed by atoms with van der Waals surface area (Å²) in [6.07, 6.45) is 0.986. The molecule has 4 aromatic rings. The molecule has 4 rings (SSSR count). The molecule has 1 atom stereocenters. The van der Waals surface area contributed by atoms with Crippen molar-refractivity contribution in [1.82, 2.24) is 14.8 Å². The maximum Gasteiger partial charge on any atom is 0.341 e. The Morgan fingerprint density at radius 3 is 2.54 bits per heavy atom. The zero-order chi connectivity index (χ0) is 24.8. The lowest BCUT2D eigenvalue weighted by Gasteiger charge is -2.18. The van der Waals surface area contributed by atoms with E-state index in [9.17, 15) is 4.79 Å². The molecule has 1 unspecified atom stereocenters. The van der Waals surface area contributed by atoms with Crippen LogP contribution in [0.5, 0.6) is 5.75 Å². The average Bonchev–Trinajstić information content (AvgIpc) is 3.48. The highest BCUT2D eigenvalue weighted by atomic mass is 32.2. The standard InChI is InChI=1S/C27H29N3O4S/c1-5-20-11-13-22(14-12-20)33-16-25-28-29-27(30(25)18(2)21-9-7-6-8-10-21)35-17-23-15-24(19(3)34-23)26(31)32-4/h6-15,18H,5,16-17H2,1-4H3. The lowest BCUT2D eigenvalue weighted by molar-refractivity contribution is 0.0599. The first-order chi connectivity index (χ1) is 17.0. The second kappa shape index (κ2) is 11.3. The van der Waals surface area contributed by atoms with E-state index >= 15 is 0 Å². The topological polar surface area (TPSA) is 79.4 Å². The van der Waals surface area contributed by atoms with Crippen LogP contribution in [0.2, 0.25) is 0 Å². The minimum atomic E-state index is -0.408. The van der Waals surface area contributed by atoms with Crippen molar-refractivity contribution in [2.75, 3.05) is 7.11 Å². The number of rotatable bonds is 10. The van der Waals surface area contributed by atoms with Crippen molar-refractivity contribution in [3.05, 3.63) is 94.7 Å². The van der Waals surface area contributed by atoms with Gasteiger partial charge in [0, 0.05) is 0 Å². The largest absolute Gasteiger partial charge is 0.486 e. The quantitative estimate of drug-likeness (QED) is 0.199. The number of carbonyl (C=O) groups is 1. The third kappa shape index (κ3) is 5.77. The Labute approximate surface area is 209 Å². The summed E-state index contributed by atoms with van der Waals surface area (Å²) in [6, 6.07) is 20.0. The van der Waals surface area contributed by atoms with E-state index < -0.39 is 5.97 Å². The fraction of sp³-hybridized carbons (Fsp3) is 0.296. The van der Waals surface area contributed by atoms with E-state index in [1.807, 2.05) is 30.3 Å². The highest BCUT2D eigenvalue weighted by Crippen LogP contribution is 2.30. The van der Waals surface area contributed by atoms with E-state index in [1.54, 1.807) is 13.0 Å². The number of methoxy groups -OCH3 is 1. The summed E-state index contributed by atoms with van der Waals surface area (Å²) < 4.78 is 18.7. The van der Waals surface area contributed by atoms with Crippen molar-refractivity contribution in [3.63, 3.8) is 0 Å². The van der Waals surface area contributed by atoms with Gasteiger partial charge in [-0.05, 0) is 49.6 Å². The van der Waals surface area contributed by atoms with Gasteiger partial charge in [0.15, 0.2) is 11.0 Å². The maximum absolute atomic E-state index is 11.9. The van der Waals surface area contributed by atoms with Gasteiger partial charge >= 0.3 is 5.97 Å². The predicted molar refractivity (Wildman–Crippen MR) is 135 cm³/mol. The smallest absolute Gasteiger partial charge is 0.341 e. The zero-order valence-electron chi connectivity index (χ0n) is 20.4. The number of carbonyl (C=O) groups excluding carboxylic acids is 1. The molecule has 0 spiro atoms. The monoisotopic (exact) mass is 491 g/mol. The van der Waals surface area contributed by atoms with Crippen LogP contribution in [0, 0.1) is 6.92 Å². The first kappa shape index (κ1) is 24.6. The second-order valence-corrected chi connectivity index (χ2v) is 9.05. The summed E-state index contributed by atoms with van der Waals surface area (Å²) in [4.78, 5) is 11.9. The van der Waals surface area contributed by atoms with Crippen LogP contribution < -0.4 is 4.74 Å². The van der Waals surface area contributed by atoms with E-state index in [0.717, 1.165) is 28.7 Å². The molecule has 0 aliphatic carbocycles. The molecule has 0 amide bonds. The zero-order valence-corrected chi connectivity index (χ0v) is 21.2. The predicted octanol–water partition coefficient (Wildman–Crippen LogP) is 6.01. The van der Waals surface area contributed by atoms with Crippen LogP contribution in [0.1, 0.15) is 58.7 Å². The first-order valence-corrected chi connectivity index (χ1v) is 12.5. The average molecular weight is 492 g/mol. The van der Waals surface area contributed by atoms with Crippen LogP contribution >= 0.6 is 11.8 Å². The van der Waals surface area contributed by atoms with Gasteiger partial charge in [0.25, 0.3) is 0 Å². The Hall–Kier alpha value is -3.52. The molecule has 7 nitrogen and oxygen atoms in total. The van der Waals surface area contributed by atoms with Crippen LogP contribution in [0.4, 0.5) is 0 Å². The molecule has 182 valence electrons. The normalized spacial score (nSPS) is 11.9. The second-order valence-electron chi connectivity index (χ2n) is 8.10. The molecule has 0 fully saturated rings. The number of furan rings is 1. The molecule has 0 saturated carbocycles. The third-order valence-electron chi connectivity index (χ3n) is 5.82. The number of thioether (sulfide) groups is 1. The number of ether oxygens (including phenoxy) is 2. The molecule has 0 aliphatic heterocycles. The lowest BCUT2D eigenvalue weighted by atomic mass is 10.1.